The lowest BCUT2D eigenvalue weighted by Crippen LogP contribution is -2.43. The molecule has 1 heterocycles. The number of hydrogen-bond acceptors (Lipinski definition) is 1. The summed E-state index contributed by atoms with van der Waals surface area (Å²) in [5.74, 6) is -2.97. The first-order valence-electron chi connectivity index (χ1n) is 3.98. The molecule has 66 valence electrons. The van der Waals surface area contributed by atoms with Crippen molar-refractivity contribution >= 4 is 0 Å². The number of rotatable bonds is 3. The third kappa shape index (κ3) is 2.12. The van der Waals surface area contributed by atoms with E-state index in [0.29, 0.717) is 0 Å². The summed E-state index contributed by atoms with van der Waals surface area (Å²) in [6.07, 6.45) is -0.0129. The Morgan fingerprint density at radius 1 is 1.45 bits per heavy atom. The number of alkyl halides is 2. The maximum Gasteiger partial charge on any atom is 0.255 e. The van der Waals surface area contributed by atoms with Crippen LogP contribution < -0.4 is 0 Å². The van der Waals surface area contributed by atoms with Gasteiger partial charge in [-0.3, -0.25) is 0 Å². The van der Waals surface area contributed by atoms with Crippen molar-refractivity contribution in [1.82, 2.24) is 0 Å². The van der Waals surface area contributed by atoms with Crippen LogP contribution in [0.1, 0.15) is 20.3 Å². The van der Waals surface area contributed by atoms with E-state index in [4.69, 9.17) is 4.74 Å². The van der Waals surface area contributed by atoms with Crippen LogP contribution in [0.3, 0.4) is 0 Å². The zero-order valence-electron chi connectivity index (χ0n) is 6.94. The molecule has 1 nitrogen and oxygen atoms in total. The van der Waals surface area contributed by atoms with Crippen LogP contribution in [0.2, 0.25) is 0 Å². The van der Waals surface area contributed by atoms with Gasteiger partial charge >= 0.3 is 0 Å². The van der Waals surface area contributed by atoms with Gasteiger partial charge in [0.25, 0.3) is 5.92 Å². The Balaban J connectivity index is 2.37. The summed E-state index contributed by atoms with van der Waals surface area (Å²) in [5.41, 5.74) is 0. The van der Waals surface area contributed by atoms with E-state index in [0.717, 1.165) is 0 Å². The second-order valence-corrected chi connectivity index (χ2v) is 3.59. The Bertz CT molecular complexity index is 130. The Labute approximate surface area is 65.7 Å². The van der Waals surface area contributed by atoms with Crippen molar-refractivity contribution < 1.29 is 13.5 Å². The van der Waals surface area contributed by atoms with Crippen LogP contribution in [0, 0.1) is 11.8 Å². The summed E-state index contributed by atoms with van der Waals surface area (Å²) in [5, 5.41) is 0. The average molecular weight is 164 g/mol. The van der Waals surface area contributed by atoms with E-state index >= 15 is 0 Å². The van der Waals surface area contributed by atoms with E-state index in [9.17, 15) is 8.78 Å². The molecule has 0 aromatic carbocycles. The van der Waals surface area contributed by atoms with Crippen LogP contribution in [-0.2, 0) is 4.74 Å². The molecule has 0 aromatic rings. The van der Waals surface area contributed by atoms with Crippen molar-refractivity contribution in [3.63, 3.8) is 0 Å². The molecule has 1 aliphatic rings. The molecule has 0 bridgehead atoms. The van der Waals surface area contributed by atoms with Gasteiger partial charge in [-0.25, -0.2) is 8.78 Å². The van der Waals surface area contributed by atoms with Gasteiger partial charge in [0.15, 0.2) is 0 Å². The molecule has 1 aliphatic heterocycles. The lowest BCUT2D eigenvalue weighted by Gasteiger charge is -2.34. The highest BCUT2D eigenvalue weighted by atomic mass is 19.3. The van der Waals surface area contributed by atoms with Gasteiger partial charge in [0.1, 0.15) is 0 Å². The van der Waals surface area contributed by atoms with Crippen LogP contribution in [0.5, 0.6) is 0 Å². The van der Waals surface area contributed by atoms with E-state index in [1.54, 1.807) is 0 Å². The third-order valence-corrected chi connectivity index (χ3v) is 1.92. The van der Waals surface area contributed by atoms with Crippen LogP contribution in [0.25, 0.3) is 0 Å². The zero-order chi connectivity index (χ0) is 8.48. The highest BCUT2D eigenvalue weighted by molar-refractivity contribution is 4.82. The van der Waals surface area contributed by atoms with E-state index in [-0.39, 0.29) is 25.6 Å². The molecule has 3 heteroatoms. The minimum Gasteiger partial charge on any atom is -0.380 e. The molecular weight excluding hydrogens is 150 g/mol. The van der Waals surface area contributed by atoms with Gasteiger partial charge < -0.3 is 4.74 Å². The fraction of sp³-hybridized carbons (Fsp3) is 1.00. The van der Waals surface area contributed by atoms with E-state index < -0.39 is 11.8 Å². The maximum atomic E-state index is 13.0. The molecule has 1 fully saturated rings. The molecule has 0 radical (unpaired) electrons. The minimum atomic E-state index is -2.51. The highest BCUT2D eigenvalue weighted by Gasteiger charge is 2.43. The van der Waals surface area contributed by atoms with E-state index in [2.05, 4.69) is 0 Å². The molecule has 0 amide bonds. The van der Waals surface area contributed by atoms with Gasteiger partial charge in [0.05, 0.1) is 19.1 Å². The quantitative estimate of drug-likeness (QED) is 0.622. The minimum absolute atomic E-state index is 0.0129. The molecule has 0 saturated carbocycles. The molecule has 0 unspecified atom stereocenters. The molecule has 0 aromatic heterocycles. The van der Waals surface area contributed by atoms with Crippen molar-refractivity contribution in [2.45, 2.75) is 26.2 Å². The zero-order valence-corrected chi connectivity index (χ0v) is 6.94. The standard InChI is InChI=1S/C8H14F2O/c1-6(2)3-8(9,10)7-4-11-5-7/h6-7H,3-5H2,1-2H3. The van der Waals surface area contributed by atoms with Crippen molar-refractivity contribution in [2.75, 3.05) is 13.2 Å². The number of ether oxygens (including phenoxy) is 1. The van der Waals surface area contributed by atoms with E-state index in [1.807, 2.05) is 13.8 Å². The summed E-state index contributed by atoms with van der Waals surface area (Å²) in [6, 6.07) is 0. The lowest BCUT2D eigenvalue weighted by atomic mass is 9.92. The fourth-order valence-electron chi connectivity index (χ4n) is 1.19. The Kier molecular flexibility index (Phi) is 2.47. The Morgan fingerprint density at radius 2 is 2.00 bits per heavy atom. The molecule has 1 rings (SSSR count). The van der Waals surface area contributed by atoms with Gasteiger partial charge in [0.2, 0.25) is 0 Å². The monoisotopic (exact) mass is 164 g/mol. The molecule has 11 heavy (non-hydrogen) atoms. The van der Waals surface area contributed by atoms with Gasteiger partial charge in [-0.15, -0.1) is 0 Å². The Hall–Kier alpha value is -0.180. The molecule has 0 N–H and O–H groups in total. The fourth-order valence-corrected chi connectivity index (χ4v) is 1.19. The van der Waals surface area contributed by atoms with Gasteiger partial charge in [-0.2, -0.15) is 0 Å². The lowest BCUT2D eigenvalue weighted by molar-refractivity contribution is -0.176. The number of halogens is 2. The smallest absolute Gasteiger partial charge is 0.255 e. The summed E-state index contributed by atoms with van der Waals surface area (Å²) >= 11 is 0. The first kappa shape index (κ1) is 8.91. The SMILES string of the molecule is CC(C)CC(F)(F)C1COC1. The molecule has 0 spiro atoms. The van der Waals surface area contributed by atoms with E-state index in [1.165, 1.54) is 0 Å². The Morgan fingerprint density at radius 3 is 2.27 bits per heavy atom. The maximum absolute atomic E-state index is 13.0. The summed E-state index contributed by atoms with van der Waals surface area (Å²) in [7, 11) is 0. The van der Waals surface area contributed by atoms with Crippen LogP contribution in [0.15, 0.2) is 0 Å². The molecule has 0 atom stereocenters. The van der Waals surface area contributed by atoms with Crippen molar-refractivity contribution in [2.24, 2.45) is 11.8 Å². The van der Waals surface area contributed by atoms with Crippen molar-refractivity contribution in [1.29, 1.82) is 0 Å². The second kappa shape index (κ2) is 3.05. The molecular formula is C8H14F2O. The van der Waals surface area contributed by atoms with Gasteiger partial charge in [0, 0.05) is 6.42 Å². The predicted molar refractivity (Wildman–Crippen MR) is 38.7 cm³/mol. The van der Waals surface area contributed by atoms with Gasteiger partial charge in [-0.1, -0.05) is 13.8 Å². The van der Waals surface area contributed by atoms with Crippen LogP contribution >= 0.6 is 0 Å². The third-order valence-electron chi connectivity index (χ3n) is 1.92. The summed E-state index contributed by atoms with van der Waals surface area (Å²) in [6.45, 7) is 4.10. The first-order chi connectivity index (χ1) is 5.02. The normalized spacial score (nSPS) is 20.5. The van der Waals surface area contributed by atoms with Crippen LogP contribution in [-0.4, -0.2) is 19.1 Å². The van der Waals surface area contributed by atoms with Crippen molar-refractivity contribution in [3.8, 4) is 0 Å². The summed E-state index contributed by atoms with van der Waals surface area (Å²) < 4.78 is 30.8. The topological polar surface area (TPSA) is 9.23 Å². The first-order valence-corrected chi connectivity index (χ1v) is 3.98. The number of hydrogen-bond donors (Lipinski definition) is 0. The predicted octanol–water partition coefficient (Wildman–Crippen LogP) is 2.31. The molecule has 1 saturated heterocycles. The second-order valence-electron chi connectivity index (χ2n) is 3.59. The summed E-state index contributed by atoms with van der Waals surface area (Å²) in [4.78, 5) is 0. The van der Waals surface area contributed by atoms with Crippen LogP contribution in [0.4, 0.5) is 8.78 Å². The average Bonchev–Trinajstić information content (AvgIpc) is 1.50. The molecule has 0 aliphatic carbocycles. The van der Waals surface area contributed by atoms with Crippen molar-refractivity contribution in [3.05, 3.63) is 0 Å². The van der Waals surface area contributed by atoms with Gasteiger partial charge in [-0.05, 0) is 5.92 Å². The largest absolute Gasteiger partial charge is 0.380 e. The highest BCUT2D eigenvalue weighted by Crippen LogP contribution is 2.35.